The van der Waals surface area contributed by atoms with Gasteiger partial charge in [-0.05, 0) is 64.3 Å². The fourth-order valence-corrected chi connectivity index (χ4v) is 3.52. The predicted molar refractivity (Wildman–Crippen MR) is 131 cm³/mol. The highest BCUT2D eigenvalue weighted by Gasteiger charge is 2.36. The van der Waals surface area contributed by atoms with E-state index in [-0.39, 0.29) is 29.5 Å². The van der Waals surface area contributed by atoms with E-state index in [2.05, 4.69) is 14.7 Å². The average Bonchev–Trinajstić information content (AvgIpc) is 2.75. The molecular weight excluding hydrogens is 493 g/mol. The summed E-state index contributed by atoms with van der Waals surface area (Å²) in [6.45, 7) is 10.3. The van der Waals surface area contributed by atoms with Crippen molar-refractivity contribution in [3.8, 4) is 17.0 Å². The number of benzene rings is 1. The van der Waals surface area contributed by atoms with Crippen LogP contribution in [0.5, 0.6) is 5.75 Å². The molecule has 1 aromatic carbocycles. The van der Waals surface area contributed by atoms with E-state index >= 15 is 0 Å². The largest absolute Gasteiger partial charge is 0.491 e. The topological polar surface area (TPSA) is 117 Å². The normalized spacial score (nSPS) is 13.6. The molecule has 0 aliphatic carbocycles. The van der Waals surface area contributed by atoms with Gasteiger partial charge in [0.25, 0.3) is 0 Å². The van der Waals surface area contributed by atoms with Crippen molar-refractivity contribution < 1.29 is 37.0 Å². The number of methoxy groups -OCH3 is 1. The Morgan fingerprint density at radius 3 is 2.27 bits per heavy atom. The summed E-state index contributed by atoms with van der Waals surface area (Å²) in [6, 6.07) is 4.76. The lowest BCUT2D eigenvalue weighted by Gasteiger charge is -2.27. The molecule has 0 saturated heterocycles. The molecule has 0 spiro atoms. The SMILES string of the molecule is COC(=O)N(C(=O)OC(C)(C)C)c1nccc(-c2ccc(OCC(C)(N)CC(C)C)c(C(F)(F)F)c2)n1. The van der Waals surface area contributed by atoms with E-state index in [1.54, 1.807) is 27.7 Å². The number of nitrogens with two attached hydrogens (primary N) is 1. The van der Waals surface area contributed by atoms with E-state index in [1.165, 1.54) is 24.4 Å². The molecule has 0 saturated carbocycles. The first kappa shape index (κ1) is 29.8. The molecule has 0 aliphatic rings. The average molecular weight is 527 g/mol. The number of alkyl halides is 3. The maximum absolute atomic E-state index is 13.9. The zero-order valence-electron chi connectivity index (χ0n) is 22.0. The number of amides is 2. The van der Waals surface area contributed by atoms with Crippen LogP contribution in [0.3, 0.4) is 0 Å². The van der Waals surface area contributed by atoms with Gasteiger partial charge in [0.2, 0.25) is 5.95 Å². The summed E-state index contributed by atoms with van der Waals surface area (Å²) in [5, 5.41) is 0. The van der Waals surface area contributed by atoms with E-state index in [1.807, 2.05) is 13.8 Å². The van der Waals surface area contributed by atoms with Crippen molar-refractivity contribution in [3.63, 3.8) is 0 Å². The fraction of sp³-hybridized carbons (Fsp3) is 0.520. The molecular formula is C25H33F3N4O5. The summed E-state index contributed by atoms with van der Waals surface area (Å²) in [6.07, 6.45) is -5.22. The number of carbonyl (C=O) groups is 2. The number of ether oxygens (including phenoxy) is 3. The van der Waals surface area contributed by atoms with Gasteiger partial charge in [0.1, 0.15) is 18.0 Å². The summed E-state index contributed by atoms with van der Waals surface area (Å²) in [5.41, 5.74) is 3.45. The Balaban J connectivity index is 2.46. The van der Waals surface area contributed by atoms with Crippen molar-refractivity contribution in [3.05, 3.63) is 36.0 Å². The van der Waals surface area contributed by atoms with Crippen LogP contribution in [0, 0.1) is 5.92 Å². The van der Waals surface area contributed by atoms with Crippen LogP contribution in [0.4, 0.5) is 28.7 Å². The zero-order chi connectivity index (χ0) is 28.2. The maximum atomic E-state index is 13.9. The Hall–Kier alpha value is -3.41. The van der Waals surface area contributed by atoms with Gasteiger partial charge in [0, 0.05) is 17.3 Å². The van der Waals surface area contributed by atoms with Crippen molar-refractivity contribution >= 4 is 18.1 Å². The summed E-state index contributed by atoms with van der Waals surface area (Å²) in [4.78, 5) is 33.4. The van der Waals surface area contributed by atoms with Crippen LogP contribution in [-0.4, -0.2) is 47.0 Å². The highest BCUT2D eigenvalue weighted by molar-refractivity contribution is 6.08. The summed E-state index contributed by atoms with van der Waals surface area (Å²) < 4.78 is 57.1. The molecule has 12 heteroatoms. The Labute approximate surface area is 214 Å². The first-order chi connectivity index (χ1) is 16.9. The lowest BCUT2D eigenvalue weighted by atomic mass is 9.93. The molecule has 204 valence electrons. The van der Waals surface area contributed by atoms with Gasteiger partial charge >= 0.3 is 18.4 Å². The molecule has 0 bridgehead atoms. The number of hydrogen-bond donors (Lipinski definition) is 1. The van der Waals surface area contributed by atoms with Gasteiger partial charge in [-0.15, -0.1) is 4.90 Å². The molecule has 0 fully saturated rings. The number of nitrogens with zero attached hydrogens (tertiary/aromatic N) is 3. The summed E-state index contributed by atoms with van der Waals surface area (Å²) >= 11 is 0. The molecule has 2 amide bonds. The second-order valence-corrected chi connectivity index (χ2v) is 10.3. The Morgan fingerprint density at radius 2 is 1.73 bits per heavy atom. The highest BCUT2D eigenvalue weighted by atomic mass is 19.4. The number of rotatable bonds is 7. The molecule has 2 N–H and O–H groups in total. The van der Waals surface area contributed by atoms with Gasteiger partial charge in [0.15, 0.2) is 0 Å². The van der Waals surface area contributed by atoms with Crippen LogP contribution in [0.2, 0.25) is 0 Å². The molecule has 2 rings (SSSR count). The van der Waals surface area contributed by atoms with E-state index in [0.29, 0.717) is 11.3 Å². The van der Waals surface area contributed by atoms with Crippen molar-refractivity contribution in [2.45, 2.75) is 65.3 Å². The van der Waals surface area contributed by atoms with Crippen LogP contribution in [0.25, 0.3) is 11.3 Å². The molecule has 0 radical (unpaired) electrons. The highest BCUT2D eigenvalue weighted by Crippen LogP contribution is 2.39. The summed E-state index contributed by atoms with van der Waals surface area (Å²) in [5.74, 6) is -0.573. The van der Waals surface area contributed by atoms with Gasteiger partial charge in [-0.3, -0.25) is 0 Å². The van der Waals surface area contributed by atoms with E-state index in [9.17, 15) is 22.8 Å². The third-order valence-electron chi connectivity index (χ3n) is 4.79. The van der Waals surface area contributed by atoms with Crippen LogP contribution in [0.1, 0.15) is 53.5 Å². The molecule has 1 unspecified atom stereocenters. The Kier molecular flexibility index (Phi) is 9.13. The lowest BCUT2D eigenvalue weighted by Crippen LogP contribution is -2.43. The maximum Gasteiger partial charge on any atom is 0.427 e. The van der Waals surface area contributed by atoms with Crippen LogP contribution >= 0.6 is 0 Å². The molecule has 2 aromatic rings. The smallest absolute Gasteiger partial charge is 0.427 e. The molecule has 0 aliphatic heterocycles. The standard InChI is InChI=1S/C25H33F3N4O5/c1-15(2)13-24(6,29)14-36-19-9-8-16(12-17(19)25(26,27)28)18-10-11-30-20(31-18)32(21(33)35-7)22(34)37-23(3,4)5/h8-12,15H,13-14,29H2,1-7H3. The summed E-state index contributed by atoms with van der Waals surface area (Å²) in [7, 11) is 1.05. The monoisotopic (exact) mass is 526 g/mol. The Morgan fingerprint density at radius 1 is 1.08 bits per heavy atom. The third-order valence-corrected chi connectivity index (χ3v) is 4.79. The number of carbonyl (C=O) groups excluding carboxylic acids is 2. The van der Waals surface area contributed by atoms with E-state index in [4.69, 9.17) is 15.2 Å². The van der Waals surface area contributed by atoms with Gasteiger partial charge in [0.05, 0.1) is 18.4 Å². The second-order valence-electron chi connectivity index (χ2n) is 10.3. The minimum Gasteiger partial charge on any atom is -0.491 e. The van der Waals surface area contributed by atoms with Gasteiger partial charge in [-0.1, -0.05) is 13.8 Å². The van der Waals surface area contributed by atoms with Gasteiger partial charge in [-0.2, -0.15) is 13.2 Å². The van der Waals surface area contributed by atoms with Gasteiger partial charge in [-0.25, -0.2) is 19.6 Å². The molecule has 37 heavy (non-hydrogen) atoms. The van der Waals surface area contributed by atoms with Crippen LogP contribution in [-0.2, 0) is 15.7 Å². The molecule has 1 atom stereocenters. The first-order valence-corrected chi connectivity index (χ1v) is 11.5. The predicted octanol–water partition coefficient (Wildman–Crippen LogP) is 5.81. The number of halogens is 3. The van der Waals surface area contributed by atoms with Crippen molar-refractivity contribution in [2.24, 2.45) is 11.7 Å². The van der Waals surface area contributed by atoms with Crippen LogP contribution < -0.4 is 15.4 Å². The van der Waals surface area contributed by atoms with Crippen molar-refractivity contribution in [1.82, 2.24) is 9.97 Å². The molecule has 1 heterocycles. The zero-order valence-corrected chi connectivity index (χ0v) is 22.0. The first-order valence-electron chi connectivity index (χ1n) is 11.5. The number of anilines is 1. The number of hydrogen-bond acceptors (Lipinski definition) is 8. The minimum absolute atomic E-state index is 0.0167. The van der Waals surface area contributed by atoms with E-state index < -0.39 is 41.0 Å². The van der Waals surface area contributed by atoms with Crippen molar-refractivity contribution in [1.29, 1.82) is 0 Å². The van der Waals surface area contributed by atoms with E-state index in [0.717, 1.165) is 13.2 Å². The lowest BCUT2D eigenvalue weighted by molar-refractivity contribution is -0.139. The van der Waals surface area contributed by atoms with Crippen LogP contribution in [0.15, 0.2) is 30.5 Å². The number of imide groups is 1. The van der Waals surface area contributed by atoms with Gasteiger partial charge < -0.3 is 19.9 Å². The van der Waals surface area contributed by atoms with Crippen molar-refractivity contribution in [2.75, 3.05) is 18.6 Å². The molecule has 9 nitrogen and oxygen atoms in total. The number of aromatic nitrogens is 2. The quantitative estimate of drug-likeness (QED) is 0.480. The molecule has 1 aromatic heterocycles. The minimum atomic E-state index is -4.74. The third kappa shape index (κ3) is 8.59. The Bertz CT molecular complexity index is 1110. The second kappa shape index (κ2) is 11.3. The fourth-order valence-electron chi connectivity index (χ4n) is 3.52.